The summed E-state index contributed by atoms with van der Waals surface area (Å²) in [6, 6.07) is 17.0. The van der Waals surface area contributed by atoms with Crippen molar-refractivity contribution in [1.82, 2.24) is 20.5 Å². The van der Waals surface area contributed by atoms with Gasteiger partial charge in [-0.05, 0) is 52.8 Å². The van der Waals surface area contributed by atoms with E-state index in [1.165, 1.54) is 17.5 Å². The normalized spacial score (nSPS) is 25.8. The van der Waals surface area contributed by atoms with Crippen molar-refractivity contribution in [2.75, 3.05) is 26.2 Å². The highest BCUT2D eigenvalue weighted by Gasteiger charge is 2.48. The number of benzene rings is 2. The van der Waals surface area contributed by atoms with Crippen molar-refractivity contribution < 1.29 is 4.63 Å². The van der Waals surface area contributed by atoms with Crippen LogP contribution in [-0.2, 0) is 13.0 Å². The Morgan fingerprint density at radius 1 is 1.12 bits per heavy atom. The minimum absolute atomic E-state index is 0.395. The Labute approximate surface area is 153 Å². The molecule has 0 aliphatic carbocycles. The first-order valence-corrected chi connectivity index (χ1v) is 9.50. The van der Waals surface area contributed by atoms with E-state index < -0.39 is 0 Å². The fourth-order valence-corrected chi connectivity index (χ4v) is 4.88. The SMILES string of the molecule is c1ccc(CCC23CNCC2CN(Cc2cccc4nonc24)C3)cc1. The van der Waals surface area contributed by atoms with Gasteiger partial charge in [-0.15, -0.1) is 0 Å². The number of fused-ring (bicyclic) bond motifs is 2. The van der Waals surface area contributed by atoms with Gasteiger partial charge in [0.1, 0.15) is 11.0 Å². The Kier molecular flexibility index (Phi) is 3.98. The third kappa shape index (κ3) is 2.81. The van der Waals surface area contributed by atoms with Gasteiger partial charge in [0, 0.05) is 31.6 Å². The molecule has 1 N–H and O–H groups in total. The van der Waals surface area contributed by atoms with E-state index in [1.807, 2.05) is 12.1 Å². The molecule has 3 aromatic rings. The lowest BCUT2D eigenvalue weighted by molar-refractivity contribution is 0.237. The second-order valence-corrected chi connectivity index (χ2v) is 7.89. The fourth-order valence-electron chi connectivity index (χ4n) is 4.88. The number of nitrogens with zero attached hydrogens (tertiary/aromatic N) is 3. The number of likely N-dealkylation sites (tertiary alicyclic amines) is 1. The van der Waals surface area contributed by atoms with Gasteiger partial charge in [0.15, 0.2) is 0 Å². The first-order chi connectivity index (χ1) is 12.8. The van der Waals surface area contributed by atoms with Crippen LogP contribution in [0.5, 0.6) is 0 Å². The molecule has 2 aliphatic rings. The van der Waals surface area contributed by atoms with E-state index in [9.17, 15) is 0 Å². The molecule has 2 unspecified atom stereocenters. The van der Waals surface area contributed by atoms with Crippen molar-refractivity contribution in [3.05, 3.63) is 59.7 Å². The molecular formula is C21H24N4O. The standard InChI is InChI=1S/C21H24N4O/c1-2-5-16(6-3-1)9-10-21-14-22-11-18(21)13-25(15-21)12-17-7-4-8-19-20(17)24-26-23-19/h1-8,18,22H,9-15H2. The molecule has 2 aliphatic heterocycles. The first-order valence-electron chi connectivity index (χ1n) is 9.50. The zero-order valence-corrected chi connectivity index (χ0v) is 14.9. The number of hydrogen-bond donors (Lipinski definition) is 1. The third-order valence-electron chi connectivity index (χ3n) is 6.27. The average molecular weight is 348 g/mol. The Morgan fingerprint density at radius 3 is 2.96 bits per heavy atom. The zero-order chi connectivity index (χ0) is 17.4. The van der Waals surface area contributed by atoms with Crippen LogP contribution in [0.2, 0.25) is 0 Å². The summed E-state index contributed by atoms with van der Waals surface area (Å²) in [7, 11) is 0. The molecule has 2 saturated heterocycles. The number of aryl methyl sites for hydroxylation is 1. The number of nitrogens with one attached hydrogen (secondary N) is 1. The van der Waals surface area contributed by atoms with Crippen LogP contribution in [0.25, 0.3) is 11.0 Å². The van der Waals surface area contributed by atoms with Gasteiger partial charge in [0.05, 0.1) is 0 Å². The number of aromatic nitrogens is 2. The lowest BCUT2D eigenvalue weighted by Gasteiger charge is -2.28. The molecule has 5 rings (SSSR count). The largest absolute Gasteiger partial charge is 0.316 e. The first kappa shape index (κ1) is 16.0. The molecule has 0 radical (unpaired) electrons. The highest BCUT2D eigenvalue weighted by Crippen LogP contribution is 2.43. The van der Waals surface area contributed by atoms with Crippen molar-refractivity contribution in [2.45, 2.75) is 19.4 Å². The Hall–Kier alpha value is -2.24. The number of hydrogen-bond acceptors (Lipinski definition) is 5. The van der Waals surface area contributed by atoms with E-state index in [4.69, 9.17) is 4.63 Å². The van der Waals surface area contributed by atoms with E-state index in [0.29, 0.717) is 5.41 Å². The molecule has 2 aromatic carbocycles. The summed E-state index contributed by atoms with van der Waals surface area (Å²) in [6.45, 7) is 5.51. The monoisotopic (exact) mass is 348 g/mol. The smallest absolute Gasteiger partial charge is 0.139 e. The van der Waals surface area contributed by atoms with Crippen LogP contribution in [0.4, 0.5) is 0 Å². The topological polar surface area (TPSA) is 54.2 Å². The summed E-state index contributed by atoms with van der Waals surface area (Å²) in [5.41, 5.74) is 4.81. The minimum atomic E-state index is 0.395. The summed E-state index contributed by atoms with van der Waals surface area (Å²) < 4.78 is 4.92. The molecular weight excluding hydrogens is 324 g/mol. The van der Waals surface area contributed by atoms with Crippen LogP contribution in [0, 0.1) is 11.3 Å². The lowest BCUT2D eigenvalue weighted by Crippen LogP contribution is -2.33. The molecule has 2 fully saturated rings. The maximum absolute atomic E-state index is 4.92. The highest BCUT2D eigenvalue weighted by atomic mass is 16.6. The summed E-state index contributed by atoms with van der Waals surface area (Å²) in [5.74, 6) is 0.737. The second kappa shape index (κ2) is 6.49. The average Bonchev–Trinajstić information content (AvgIpc) is 3.35. The Balaban J connectivity index is 1.32. The molecule has 5 heteroatoms. The molecule has 3 heterocycles. The Bertz CT molecular complexity index is 893. The summed E-state index contributed by atoms with van der Waals surface area (Å²) >= 11 is 0. The van der Waals surface area contributed by atoms with Crippen molar-refractivity contribution in [1.29, 1.82) is 0 Å². The van der Waals surface area contributed by atoms with E-state index in [1.54, 1.807) is 0 Å². The van der Waals surface area contributed by atoms with Gasteiger partial charge in [0.2, 0.25) is 0 Å². The summed E-state index contributed by atoms with van der Waals surface area (Å²) in [6.07, 6.45) is 2.41. The molecule has 0 amide bonds. The lowest BCUT2D eigenvalue weighted by atomic mass is 9.76. The van der Waals surface area contributed by atoms with Gasteiger partial charge in [-0.3, -0.25) is 4.90 Å². The predicted octanol–water partition coefficient (Wildman–Crippen LogP) is 2.88. The molecule has 0 bridgehead atoms. The maximum Gasteiger partial charge on any atom is 0.139 e. The molecule has 1 aromatic heterocycles. The molecule has 26 heavy (non-hydrogen) atoms. The third-order valence-corrected chi connectivity index (χ3v) is 6.27. The van der Waals surface area contributed by atoms with Gasteiger partial charge in [-0.2, -0.15) is 0 Å². The van der Waals surface area contributed by atoms with E-state index in [-0.39, 0.29) is 0 Å². The molecule has 0 saturated carbocycles. The van der Waals surface area contributed by atoms with E-state index in [0.717, 1.165) is 56.1 Å². The van der Waals surface area contributed by atoms with Crippen molar-refractivity contribution >= 4 is 11.0 Å². The van der Waals surface area contributed by atoms with Gasteiger partial charge >= 0.3 is 0 Å². The number of rotatable bonds is 5. The fraction of sp³-hybridized carbons (Fsp3) is 0.429. The van der Waals surface area contributed by atoms with Crippen LogP contribution < -0.4 is 5.32 Å². The van der Waals surface area contributed by atoms with Crippen LogP contribution in [0.15, 0.2) is 53.2 Å². The minimum Gasteiger partial charge on any atom is -0.316 e. The van der Waals surface area contributed by atoms with Crippen LogP contribution in [0.3, 0.4) is 0 Å². The second-order valence-electron chi connectivity index (χ2n) is 7.89. The quantitative estimate of drug-likeness (QED) is 0.768. The van der Waals surface area contributed by atoms with Gasteiger partial charge in [0.25, 0.3) is 0 Å². The van der Waals surface area contributed by atoms with E-state index >= 15 is 0 Å². The molecule has 134 valence electrons. The Morgan fingerprint density at radius 2 is 2.04 bits per heavy atom. The van der Waals surface area contributed by atoms with Crippen LogP contribution in [-0.4, -0.2) is 41.4 Å². The predicted molar refractivity (Wildman–Crippen MR) is 101 cm³/mol. The van der Waals surface area contributed by atoms with Crippen molar-refractivity contribution in [2.24, 2.45) is 11.3 Å². The molecule has 0 spiro atoms. The zero-order valence-electron chi connectivity index (χ0n) is 14.9. The van der Waals surface area contributed by atoms with Gasteiger partial charge < -0.3 is 5.32 Å². The van der Waals surface area contributed by atoms with Crippen molar-refractivity contribution in [3.63, 3.8) is 0 Å². The maximum atomic E-state index is 4.92. The van der Waals surface area contributed by atoms with Crippen LogP contribution >= 0.6 is 0 Å². The molecule has 5 nitrogen and oxygen atoms in total. The van der Waals surface area contributed by atoms with Gasteiger partial charge in [-0.25, -0.2) is 4.63 Å². The molecule has 2 atom stereocenters. The van der Waals surface area contributed by atoms with E-state index in [2.05, 4.69) is 56.9 Å². The van der Waals surface area contributed by atoms with Crippen molar-refractivity contribution in [3.8, 4) is 0 Å². The highest BCUT2D eigenvalue weighted by molar-refractivity contribution is 5.76. The summed E-state index contributed by atoms with van der Waals surface area (Å²) in [5, 5.41) is 11.7. The summed E-state index contributed by atoms with van der Waals surface area (Å²) in [4.78, 5) is 2.60. The van der Waals surface area contributed by atoms with Gasteiger partial charge in [-0.1, -0.05) is 42.5 Å². The van der Waals surface area contributed by atoms with Crippen LogP contribution in [0.1, 0.15) is 17.5 Å².